The molecule has 0 aliphatic heterocycles. The van der Waals surface area contributed by atoms with Crippen LogP contribution in [0.15, 0.2) is 21.5 Å². The fourth-order valence-electron chi connectivity index (χ4n) is 1.51. The molecule has 1 aromatic heterocycles. The molecule has 0 fully saturated rings. The van der Waals surface area contributed by atoms with Gasteiger partial charge in [-0.15, -0.1) is 0 Å². The molecule has 7 nitrogen and oxygen atoms in total. The Morgan fingerprint density at radius 1 is 1.53 bits per heavy atom. The van der Waals surface area contributed by atoms with Crippen LogP contribution in [0, 0.1) is 0 Å². The van der Waals surface area contributed by atoms with Crippen molar-refractivity contribution in [2.75, 3.05) is 13.7 Å². The molecule has 19 heavy (non-hydrogen) atoms. The number of rotatable bonds is 5. The molecule has 0 saturated heterocycles. The van der Waals surface area contributed by atoms with Crippen molar-refractivity contribution in [1.82, 2.24) is 9.63 Å². The first-order chi connectivity index (χ1) is 8.90. The van der Waals surface area contributed by atoms with Crippen molar-refractivity contribution in [3.8, 4) is 0 Å². The first-order valence-electron chi connectivity index (χ1n) is 5.38. The summed E-state index contributed by atoms with van der Waals surface area (Å²) in [5.41, 5.74) is -0.828. The van der Waals surface area contributed by atoms with Crippen LogP contribution in [0.4, 0.5) is 0 Å². The van der Waals surface area contributed by atoms with E-state index >= 15 is 0 Å². The smallest absolute Gasteiger partial charge is 0.323 e. The molecule has 0 aliphatic rings. The zero-order chi connectivity index (χ0) is 14.6. The summed E-state index contributed by atoms with van der Waals surface area (Å²) in [5.74, 6) is -1.78. The maximum Gasteiger partial charge on any atom is 0.323 e. The lowest BCUT2D eigenvalue weighted by molar-refractivity contribution is -0.137. The second kappa shape index (κ2) is 6.48. The first-order valence-corrected chi connectivity index (χ1v) is 6.17. The summed E-state index contributed by atoms with van der Waals surface area (Å²) in [4.78, 5) is 39.5. The zero-order valence-corrected chi connectivity index (χ0v) is 12.0. The minimum Gasteiger partial charge on any atom is -0.480 e. The van der Waals surface area contributed by atoms with E-state index in [0.29, 0.717) is 4.47 Å². The number of carboxylic acid groups (broad SMARTS) is 1. The van der Waals surface area contributed by atoms with E-state index in [-0.39, 0.29) is 12.1 Å². The van der Waals surface area contributed by atoms with Crippen molar-refractivity contribution in [3.63, 3.8) is 0 Å². The Bertz CT molecular complexity index is 551. The molecule has 0 aromatic carbocycles. The van der Waals surface area contributed by atoms with Crippen LogP contribution < -0.4 is 5.56 Å². The molecular formula is C11H13BrN2O5. The van der Waals surface area contributed by atoms with Crippen LogP contribution in [0.2, 0.25) is 0 Å². The molecule has 104 valence electrons. The van der Waals surface area contributed by atoms with E-state index in [2.05, 4.69) is 15.9 Å². The summed E-state index contributed by atoms with van der Waals surface area (Å²) in [6, 6.07) is 1.34. The van der Waals surface area contributed by atoms with Crippen molar-refractivity contribution < 1.29 is 19.5 Å². The van der Waals surface area contributed by atoms with Gasteiger partial charge in [-0.1, -0.05) is 0 Å². The summed E-state index contributed by atoms with van der Waals surface area (Å²) in [6.45, 7) is 1.44. The monoisotopic (exact) mass is 332 g/mol. The first kappa shape index (κ1) is 15.4. The summed E-state index contributed by atoms with van der Waals surface area (Å²) >= 11 is 3.13. The van der Waals surface area contributed by atoms with Crippen LogP contribution in [0.1, 0.15) is 17.3 Å². The van der Waals surface area contributed by atoms with E-state index in [1.54, 1.807) is 6.92 Å². The molecule has 1 rings (SSSR count). The fraction of sp³-hybridized carbons (Fsp3) is 0.364. The van der Waals surface area contributed by atoms with Crippen LogP contribution in [-0.4, -0.2) is 40.3 Å². The minimum absolute atomic E-state index is 0.153. The van der Waals surface area contributed by atoms with Gasteiger partial charge in [0.15, 0.2) is 0 Å². The van der Waals surface area contributed by atoms with Gasteiger partial charge in [-0.3, -0.25) is 19.2 Å². The highest BCUT2D eigenvalue weighted by Gasteiger charge is 2.20. The average Bonchev–Trinajstić information content (AvgIpc) is 2.34. The zero-order valence-electron chi connectivity index (χ0n) is 10.4. The van der Waals surface area contributed by atoms with Gasteiger partial charge in [-0.2, -0.15) is 0 Å². The maximum atomic E-state index is 12.0. The molecule has 0 bridgehead atoms. The Hall–Kier alpha value is -1.67. The van der Waals surface area contributed by atoms with Crippen LogP contribution in [0.5, 0.6) is 0 Å². The number of carbonyl (C=O) groups is 2. The van der Waals surface area contributed by atoms with Crippen LogP contribution >= 0.6 is 15.9 Å². The Morgan fingerprint density at radius 2 is 2.16 bits per heavy atom. The highest BCUT2D eigenvalue weighted by Crippen LogP contribution is 2.10. The third-order valence-corrected chi connectivity index (χ3v) is 2.76. The van der Waals surface area contributed by atoms with Gasteiger partial charge >= 0.3 is 5.97 Å². The third kappa shape index (κ3) is 3.65. The number of nitrogens with zero attached hydrogens (tertiary/aromatic N) is 2. The molecule has 0 radical (unpaired) electrons. The number of carbonyl (C=O) groups excluding carboxylic acids is 1. The highest BCUT2D eigenvalue weighted by atomic mass is 79.9. The third-order valence-electron chi connectivity index (χ3n) is 2.32. The van der Waals surface area contributed by atoms with E-state index in [1.807, 2.05) is 0 Å². The number of amides is 1. The molecule has 1 amide bonds. The van der Waals surface area contributed by atoms with Crippen molar-refractivity contribution in [2.24, 2.45) is 0 Å². The Morgan fingerprint density at radius 3 is 2.63 bits per heavy atom. The maximum absolute atomic E-state index is 12.0. The second-order valence-electron chi connectivity index (χ2n) is 3.58. The molecular weight excluding hydrogens is 320 g/mol. The normalized spacial score (nSPS) is 10.3. The molecule has 8 heteroatoms. The lowest BCUT2D eigenvalue weighted by Gasteiger charge is -2.17. The number of aromatic nitrogens is 1. The Balaban J connectivity index is 3.28. The van der Waals surface area contributed by atoms with Crippen LogP contribution in [0.3, 0.4) is 0 Å². The summed E-state index contributed by atoms with van der Waals surface area (Å²) in [7, 11) is 1.31. The molecule has 0 atom stereocenters. The fourth-order valence-corrected chi connectivity index (χ4v) is 1.98. The number of aliphatic carboxylic acids is 1. The van der Waals surface area contributed by atoms with Crippen LogP contribution in [0.25, 0.3) is 0 Å². The van der Waals surface area contributed by atoms with Crippen LogP contribution in [-0.2, 0) is 16.2 Å². The predicted molar refractivity (Wildman–Crippen MR) is 69.8 cm³/mol. The standard InChI is InChI=1S/C11H13BrN2O5/c1-3-14(19-2)11(18)8-4-7(12)5-13(10(8)17)6-9(15)16/h4-5H,3,6H2,1-2H3,(H,15,16). The van der Waals surface area contributed by atoms with E-state index < -0.39 is 24.0 Å². The summed E-state index contributed by atoms with van der Waals surface area (Å²) < 4.78 is 1.38. The van der Waals surface area contributed by atoms with Gasteiger partial charge in [-0.05, 0) is 28.9 Å². The number of hydroxylamine groups is 2. The molecule has 0 spiro atoms. The van der Waals surface area contributed by atoms with Crippen molar-refractivity contribution in [2.45, 2.75) is 13.5 Å². The molecule has 0 unspecified atom stereocenters. The molecule has 1 aromatic rings. The molecule has 0 aliphatic carbocycles. The number of hydrogen-bond acceptors (Lipinski definition) is 4. The van der Waals surface area contributed by atoms with Gasteiger partial charge in [0.2, 0.25) is 0 Å². The minimum atomic E-state index is -1.17. The molecule has 1 heterocycles. The lowest BCUT2D eigenvalue weighted by atomic mass is 10.2. The number of halogens is 1. The second-order valence-corrected chi connectivity index (χ2v) is 4.50. The Labute approximate surface area is 117 Å². The van der Waals surface area contributed by atoms with Gasteiger partial charge in [-0.25, -0.2) is 5.06 Å². The number of carboxylic acids is 1. The summed E-state index contributed by atoms with van der Waals surface area (Å²) in [6.07, 6.45) is 1.32. The van der Waals surface area contributed by atoms with E-state index in [4.69, 9.17) is 9.94 Å². The quantitative estimate of drug-likeness (QED) is 0.802. The lowest BCUT2D eigenvalue weighted by Crippen LogP contribution is -2.36. The van der Waals surface area contributed by atoms with Gasteiger partial charge in [0, 0.05) is 17.2 Å². The van der Waals surface area contributed by atoms with Gasteiger partial charge in [0.1, 0.15) is 12.1 Å². The van der Waals surface area contributed by atoms with Crippen molar-refractivity contribution >= 4 is 27.8 Å². The van der Waals surface area contributed by atoms with Crippen molar-refractivity contribution in [3.05, 3.63) is 32.7 Å². The highest BCUT2D eigenvalue weighted by molar-refractivity contribution is 9.10. The van der Waals surface area contributed by atoms with Gasteiger partial charge < -0.3 is 9.67 Å². The number of hydrogen-bond donors (Lipinski definition) is 1. The molecule has 1 N–H and O–H groups in total. The van der Waals surface area contributed by atoms with Crippen molar-refractivity contribution in [1.29, 1.82) is 0 Å². The summed E-state index contributed by atoms with van der Waals surface area (Å²) in [5, 5.41) is 9.73. The van der Waals surface area contributed by atoms with E-state index in [1.165, 1.54) is 19.4 Å². The SMILES string of the molecule is CCN(OC)C(=O)c1cc(Br)cn(CC(=O)O)c1=O. The van der Waals surface area contributed by atoms with E-state index in [9.17, 15) is 14.4 Å². The largest absolute Gasteiger partial charge is 0.480 e. The average molecular weight is 333 g/mol. The van der Waals surface area contributed by atoms with Gasteiger partial charge in [0.25, 0.3) is 11.5 Å². The topological polar surface area (TPSA) is 88.8 Å². The predicted octanol–water partition coefficient (Wildman–Crippen LogP) is 0.719. The Kier molecular flexibility index (Phi) is 5.25. The molecule has 0 saturated carbocycles. The number of pyridine rings is 1. The van der Waals surface area contributed by atoms with E-state index in [0.717, 1.165) is 9.63 Å². The van der Waals surface area contributed by atoms with Gasteiger partial charge in [0.05, 0.1) is 7.11 Å².